The molecule has 7 heteroatoms. The largest absolute Gasteiger partial charge is 0.462 e. The number of thiocarbonyl (C=S) groups is 1. The first-order valence-electron chi connectivity index (χ1n) is 10.3. The second kappa shape index (κ2) is 11.1. The summed E-state index contributed by atoms with van der Waals surface area (Å²) in [7, 11) is 0. The van der Waals surface area contributed by atoms with Crippen LogP contribution >= 0.6 is 12.2 Å². The summed E-state index contributed by atoms with van der Waals surface area (Å²) < 4.78 is 10.5. The van der Waals surface area contributed by atoms with E-state index < -0.39 is 0 Å². The number of benzene rings is 2. The molecule has 0 amide bonds. The maximum absolute atomic E-state index is 12.0. The second-order valence-corrected chi connectivity index (χ2v) is 7.62. The summed E-state index contributed by atoms with van der Waals surface area (Å²) in [5.74, 6) is -0.337. The molecule has 2 aromatic rings. The van der Waals surface area contributed by atoms with Gasteiger partial charge >= 0.3 is 5.97 Å². The van der Waals surface area contributed by atoms with Crippen LogP contribution in [0.25, 0.3) is 0 Å². The molecule has 0 atom stereocenters. The number of hydrogen-bond donors (Lipinski definition) is 2. The van der Waals surface area contributed by atoms with Crippen molar-refractivity contribution >= 4 is 29.0 Å². The highest BCUT2D eigenvalue weighted by Crippen LogP contribution is 2.18. The minimum atomic E-state index is -0.337. The predicted molar refractivity (Wildman–Crippen MR) is 123 cm³/mol. The van der Waals surface area contributed by atoms with Crippen molar-refractivity contribution in [2.45, 2.75) is 26.9 Å². The lowest BCUT2D eigenvalue weighted by Gasteiger charge is -2.27. The summed E-state index contributed by atoms with van der Waals surface area (Å²) in [6, 6.07) is 13.8. The van der Waals surface area contributed by atoms with Gasteiger partial charge in [-0.25, -0.2) is 4.79 Å². The highest BCUT2D eigenvalue weighted by atomic mass is 32.1. The highest BCUT2D eigenvalue weighted by Gasteiger charge is 2.13. The molecule has 2 aromatic carbocycles. The molecule has 1 saturated heterocycles. The number of carbonyl (C=O) groups excluding carboxylic acids is 1. The van der Waals surface area contributed by atoms with Crippen molar-refractivity contribution in [2.24, 2.45) is 0 Å². The third-order valence-corrected chi connectivity index (χ3v) is 5.30. The molecule has 0 spiro atoms. The lowest BCUT2D eigenvalue weighted by molar-refractivity contribution is 0.0341. The van der Waals surface area contributed by atoms with Gasteiger partial charge in [-0.1, -0.05) is 30.3 Å². The van der Waals surface area contributed by atoms with E-state index in [9.17, 15) is 4.79 Å². The van der Waals surface area contributed by atoms with Gasteiger partial charge in [-0.15, -0.1) is 0 Å². The number of rotatable bonds is 7. The van der Waals surface area contributed by atoms with Crippen molar-refractivity contribution in [1.29, 1.82) is 0 Å². The van der Waals surface area contributed by atoms with E-state index >= 15 is 0 Å². The Morgan fingerprint density at radius 1 is 1.17 bits per heavy atom. The molecule has 0 saturated carbocycles. The van der Waals surface area contributed by atoms with Gasteiger partial charge in [0.05, 0.1) is 25.4 Å². The van der Waals surface area contributed by atoms with Crippen LogP contribution in [0.15, 0.2) is 42.5 Å². The van der Waals surface area contributed by atoms with Gasteiger partial charge in [-0.2, -0.15) is 0 Å². The third kappa shape index (κ3) is 6.26. The Morgan fingerprint density at radius 2 is 1.90 bits per heavy atom. The van der Waals surface area contributed by atoms with Gasteiger partial charge < -0.3 is 20.1 Å². The zero-order chi connectivity index (χ0) is 21.3. The molecule has 0 radical (unpaired) electrons. The van der Waals surface area contributed by atoms with Crippen molar-refractivity contribution in [1.82, 2.24) is 10.2 Å². The molecule has 6 nitrogen and oxygen atoms in total. The molecular weight excluding hydrogens is 398 g/mol. The van der Waals surface area contributed by atoms with Gasteiger partial charge in [-0.3, -0.25) is 4.90 Å². The smallest absolute Gasteiger partial charge is 0.338 e. The topological polar surface area (TPSA) is 62.8 Å². The molecule has 3 rings (SSSR count). The summed E-state index contributed by atoms with van der Waals surface area (Å²) in [6.07, 6.45) is 0. The number of morpholine rings is 1. The summed E-state index contributed by atoms with van der Waals surface area (Å²) in [5, 5.41) is 7.01. The number of nitrogens with one attached hydrogen (secondary N) is 2. The minimum absolute atomic E-state index is 0.337. The normalized spacial score (nSPS) is 14.2. The fraction of sp³-hybridized carbons (Fsp3) is 0.391. The van der Waals surface area contributed by atoms with Gasteiger partial charge in [0.2, 0.25) is 0 Å². The third-order valence-electron chi connectivity index (χ3n) is 5.05. The van der Waals surface area contributed by atoms with E-state index in [0.29, 0.717) is 23.8 Å². The minimum Gasteiger partial charge on any atom is -0.462 e. The van der Waals surface area contributed by atoms with E-state index in [-0.39, 0.29) is 5.97 Å². The zero-order valence-corrected chi connectivity index (χ0v) is 18.4. The standard InChI is InChI=1S/C23H29N3O3S/c1-3-29-22(27)18-9-8-17(2)21(14-18)25-23(30)24-15-19-6-4-5-7-20(19)16-26-10-12-28-13-11-26/h4-9,14H,3,10-13,15-16H2,1-2H3,(H2,24,25,30). The number of ether oxygens (including phenoxy) is 2. The summed E-state index contributed by atoms with van der Waals surface area (Å²) >= 11 is 5.49. The SMILES string of the molecule is CCOC(=O)c1ccc(C)c(NC(=S)NCc2ccccc2CN2CCOCC2)c1. The first kappa shape index (κ1) is 22.2. The molecule has 0 bridgehead atoms. The molecule has 0 aliphatic carbocycles. The van der Waals surface area contributed by atoms with Crippen molar-refractivity contribution < 1.29 is 14.3 Å². The molecule has 2 N–H and O–H groups in total. The van der Waals surface area contributed by atoms with Crippen LogP contribution in [0.3, 0.4) is 0 Å². The molecular formula is C23H29N3O3S. The van der Waals surface area contributed by atoms with E-state index in [1.807, 2.05) is 19.1 Å². The van der Waals surface area contributed by atoms with E-state index in [2.05, 4.69) is 33.7 Å². The van der Waals surface area contributed by atoms with Crippen LogP contribution < -0.4 is 10.6 Å². The Bertz CT molecular complexity index is 882. The number of carbonyl (C=O) groups is 1. The molecule has 1 fully saturated rings. The Hall–Kier alpha value is -2.48. The summed E-state index contributed by atoms with van der Waals surface area (Å²) in [5.41, 5.74) is 4.79. The lowest BCUT2D eigenvalue weighted by atomic mass is 10.1. The molecule has 1 aliphatic rings. The zero-order valence-electron chi connectivity index (χ0n) is 17.6. The average molecular weight is 428 g/mol. The van der Waals surface area contributed by atoms with Crippen molar-refractivity contribution in [3.8, 4) is 0 Å². The highest BCUT2D eigenvalue weighted by molar-refractivity contribution is 7.80. The van der Waals surface area contributed by atoms with Gasteiger partial charge in [-0.05, 0) is 54.9 Å². The number of aryl methyl sites for hydroxylation is 1. The van der Waals surface area contributed by atoms with Gasteiger partial charge in [0.15, 0.2) is 5.11 Å². The first-order valence-corrected chi connectivity index (χ1v) is 10.7. The van der Waals surface area contributed by atoms with Crippen molar-refractivity contribution in [3.05, 3.63) is 64.7 Å². The van der Waals surface area contributed by atoms with E-state index in [1.54, 1.807) is 19.1 Å². The monoisotopic (exact) mass is 427 g/mol. The van der Waals surface area contributed by atoms with Crippen LogP contribution in [-0.4, -0.2) is 48.9 Å². The van der Waals surface area contributed by atoms with Gasteiger partial charge in [0, 0.05) is 31.9 Å². The Balaban J connectivity index is 1.60. The summed E-state index contributed by atoms with van der Waals surface area (Å²) in [6.45, 7) is 9.13. The van der Waals surface area contributed by atoms with Crippen LogP contribution in [0.2, 0.25) is 0 Å². The van der Waals surface area contributed by atoms with Crippen molar-refractivity contribution in [3.63, 3.8) is 0 Å². The molecule has 30 heavy (non-hydrogen) atoms. The molecule has 1 heterocycles. The lowest BCUT2D eigenvalue weighted by Crippen LogP contribution is -2.36. The number of nitrogens with zero attached hydrogens (tertiary/aromatic N) is 1. The predicted octanol–water partition coefficient (Wildman–Crippen LogP) is 3.49. The maximum atomic E-state index is 12.0. The second-order valence-electron chi connectivity index (χ2n) is 7.22. The molecule has 0 unspecified atom stereocenters. The maximum Gasteiger partial charge on any atom is 0.338 e. The van der Waals surface area contributed by atoms with Crippen LogP contribution in [0, 0.1) is 6.92 Å². The first-order chi connectivity index (χ1) is 14.6. The van der Waals surface area contributed by atoms with E-state index in [4.69, 9.17) is 21.7 Å². The molecule has 1 aliphatic heterocycles. The molecule has 0 aromatic heterocycles. The average Bonchev–Trinajstić information content (AvgIpc) is 2.75. The van der Waals surface area contributed by atoms with E-state index in [1.165, 1.54) is 11.1 Å². The number of esters is 1. The van der Waals surface area contributed by atoms with Crippen LogP contribution in [0.1, 0.15) is 34.0 Å². The van der Waals surface area contributed by atoms with Gasteiger partial charge in [0.1, 0.15) is 0 Å². The van der Waals surface area contributed by atoms with Crippen molar-refractivity contribution in [2.75, 3.05) is 38.2 Å². The Labute approximate surface area is 183 Å². The summed E-state index contributed by atoms with van der Waals surface area (Å²) in [4.78, 5) is 14.4. The fourth-order valence-corrected chi connectivity index (χ4v) is 3.51. The van der Waals surface area contributed by atoms with E-state index in [0.717, 1.165) is 44.1 Å². The Kier molecular flexibility index (Phi) is 8.19. The number of hydrogen-bond acceptors (Lipinski definition) is 5. The van der Waals surface area contributed by atoms with Crippen LogP contribution in [0.4, 0.5) is 5.69 Å². The number of anilines is 1. The van der Waals surface area contributed by atoms with Crippen LogP contribution in [-0.2, 0) is 22.6 Å². The van der Waals surface area contributed by atoms with Crippen LogP contribution in [0.5, 0.6) is 0 Å². The quantitative estimate of drug-likeness (QED) is 0.518. The van der Waals surface area contributed by atoms with Gasteiger partial charge in [0.25, 0.3) is 0 Å². The fourth-order valence-electron chi connectivity index (χ4n) is 3.32. The Morgan fingerprint density at radius 3 is 2.63 bits per heavy atom. The molecule has 160 valence electrons.